The van der Waals surface area contributed by atoms with Gasteiger partial charge in [0.05, 0.1) is 0 Å². The molecule has 2 N–H and O–H groups in total. The van der Waals surface area contributed by atoms with Crippen molar-refractivity contribution in [2.45, 2.75) is 39.3 Å². The summed E-state index contributed by atoms with van der Waals surface area (Å²) in [5.74, 6) is 1.82. The molecular formula is C14H20ClNO. The Balaban J connectivity index is 1.96. The number of rotatable bonds is 3. The molecule has 3 heteroatoms. The highest BCUT2D eigenvalue weighted by molar-refractivity contribution is 6.30. The van der Waals surface area contributed by atoms with Crippen molar-refractivity contribution in [3.05, 3.63) is 28.8 Å². The molecule has 1 fully saturated rings. The van der Waals surface area contributed by atoms with Gasteiger partial charge in [0.15, 0.2) is 0 Å². The molecule has 0 saturated heterocycles. The van der Waals surface area contributed by atoms with Crippen molar-refractivity contribution in [1.29, 1.82) is 0 Å². The molecule has 1 aromatic rings. The summed E-state index contributed by atoms with van der Waals surface area (Å²) in [6.45, 7) is 5.30. The van der Waals surface area contributed by atoms with Crippen LogP contribution in [0, 0.1) is 11.8 Å². The molecule has 0 amide bonds. The standard InChI is InChI=1S/C14H20ClNO/c1-9-3-5-13(10(9)2)16-8-11-7-12(15)4-6-14(11)17/h4,6-7,9-10,13,16-17H,3,5,8H2,1-2H3. The van der Waals surface area contributed by atoms with Gasteiger partial charge in [-0.3, -0.25) is 0 Å². The lowest BCUT2D eigenvalue weighted by atomic mass is 9.97. The third-order valence-corrected chi connectivity index (χ3v) is 4.30. The maximum Gasteiger partial charge on any atom is 0.120 e. The van der Waals surface area contributed by atoms with E-state index in [9.17, 15) is 5.11 Å². The SMILES string of the molecule is CC1CCC(NCc2cc(Cl)ccc2O)C1C. The number of nitrogens with one attached hydrogen (secondary N) is 1. The summed E-state index contributed by atoms with van der Waals surface area (Å²) in [6.07, 6.45) is 2.52. The minimum Gasteiger partial charge on any atom is -0.508 e. The van der Waals surface area contributed by atoms with Crippen LogP contribution in [0.15, 0.2) is 18.2 Å². The zero-order valence-electron chi connectivity index (χ0n) is 10.4. The second kappa shape index (κ2) is 5.28. The Labute approximate surface area is 108 Å². The van der Waals surface area contributed by atoms with Crippen LogP contribution in [0.4, 0.5) is 0 Å². The first-order valence-corrected chi connectivity index (χ1v) is 6.66. The van der Waals surface area contributed by atoms with Crippen molar-refractivity contribution in [1.82, 2.24) is 5.32 Å². The van der Waals surface area contributed by atoms with Crippen molar-refractivity contribution >= 4 is 11.6 Å². The molecule has 0 spiro atoms. The van der Waals surface area contributed by atoms with Crippen LogP contribution in [-0.2, 0) is 6.54 Å². The third-order valence-electron chi connectivity index (χ3n) is 4.06. The summed E-state index contributed by atoms with van der Waals surface area (Å²) >= 11 is 5.93. The third kappa shape index (κ3) is 2.93. The van der Waals surface area contributed by atoms with Crippen molar-refractivity contribution in [2.75, 3.05) is 0 Å². The second-order valence-electron chi connectivity index (χ2n) is 5.17. The van der Waals surface area contributed by atoms with E-state index < -0.39 is 0 Å². The number of phenolic OH excluding ortho intramolecular Hbond substituents is 1. The van der Waals surface area contributed by atoms with E-state index in [1.807, 2.05) is 6.07 Å². The second-order valence-corrected chi connectivity index (χ2v) is 5.61. The van der Waals surface area contributed by atoms with Crippen LogP contribution < -0.4 is 5.32 Å². The van der Waals surface area contributed by atoms with Gasteiger partial charge in [-0.1, -0.05) is 25.4 Å². The van der Waals surface area contributed by atoms with Crippen LogP contribution in [0.3, 0.4) is 0 Å². The first-order valence-electron chi connectivity index (χ1n) is 6.28. The molecule has 94 valence electrons. The Hall–Kier alpha value is -0.730. The molecule has 1 aliphatic rings. The van der Waals surface area contributed by atoms with Crippen molar-refractivity contribution in [2.24, 2.45) is 11.8 Å². The van der Waals surface area contributed by atoms with Gasteiger partial charge in [-0.05, 0) is 42.9 Å². The average Bonchev–Trinajstić information content (AvgIpc) is 2.62. The number of benzene rings is 1. The summed E-state index contributed by atoms with van der Waals surface area (Å²) in [5.41, 5.74) is 0.879. The molecule has 1 aromatic carbocycles. The first-order chi connectivity index (χ1) is 8.08. The Morgan fingerprint density at radius 3 is 2.76 bits per heavy atom. The summed E-state index contributed by atoms with van der Waals surface area (Å²) in [5, 5.41) is 13.9. The topological polar surface area (TPSA) is 32.3 Å². The largest absolute Gasteiger partial charge is 0.508 e. The van der Waals surface area contributed by atoms with E-state index in [2.05, 4.69) is 19.2 Å². The summed E-state index contributed by atoms with van der Waals surface area (Å²) < 4.78 is 0. The fraction of sp³-hybridized carbons (Fsp3) is 0.571. The minimum absolute atomic E-state index is 0.320. The van der Waals surface area contributed by atoms with Gasteiger partial charge in [-0.2, -0.15) is 0 Å². The molecule has 0 bridgehead atoms. The van der Waals surface area contributed by atoms with Gasteiger partial charge in [0.25, 0.3) is 0 Å². The van der Waals surface area contributed by atoms with Gasteiger partial charge in [0.2, 0.25) is 0 Å². The molecule has 3 unspecified atom stereocenters. The monoisotopic (exact) mass is 253 g/mol. The quantitative estimate of drug-likeness (QED) is 0.863. The highest BCUT2D eigenvalue weighted by Gasteiger charge is 2.29. The molecule has 1 aliphatic carbocycles. The molecule has 17 heavy (non-hydrogen) atoms. The van der Waals surface area contributed by atoms with Crippen LogP contribution in [0.2, 0.25) is 5.02 Å². The first kappa shape index (κ1) is 12.7. The fourth-order valence-corrected chi connectivity index (χ4v) is 2.78. The van der Waals surface area contributed by atoms with E-state index in [1.54, 1.807) is 12.1 Å². The molecular weight excluding hydrogens is 234 g/mol. The lowest BCUT2D eigenvalue weighted by molar-refractivity contribution is 0.367. The summed E-state index contributed by atoms with van der Waals surface area (Å²) in [4.78, 5) is 0. The Kier molecular flexibility index (Phi) is 3.95. The van der Waals surface area contributed by atoms with Crippen LogP contribution in [0.5, 0.6) is 5.75 Å². The van der Waals surface area contributed by atoms with Gasteiger partial charge >= 0.3 is 0 Å². The van der Waals surface area contributed by atoms with Crippen molar-refractivity contribution < 1.29 is 5.11 Å². The van der Waals surface area contributed by atoms with Crippen molar-refractivity contribution in [3.63, 3.8) is 0 Å². The van der Waals surface area contributed by atoms with Gasteiger partial charge in [0, 0.05) is 23.2 Å². The normalized spacial score (nSPS) is 28.5. The van der Waals surface area contributed by atoms with E-state index in [1.165, 1.54) is 12.8 Å². The Bertz CT molecular complexity index is 394. The fourth-order valence-electron chi connectivity index (χ4n) is 2.59. The number of aromatic hydroxyl groups is 1. The number of phenols is 1. The van der Waals surface area contributed by atoms with E-state index in [4.69, 9.17) is 11.6 Å². The molecule has 2 rings (SSSR count). The molecule has 0 aliphatic heterocycles. The molecule has 3 atom stereocenters. The maximum absolute atomic E-state index is 9.73. The smallest absolute Gasteiger partial charge is 0.120 e. The average molecular weight is 254 g/mol. The molecule has 1 saturated carbocycles. The van der Waals surface area contributed by atoms with Crippen LogP contribution in [-0.4, -0.2) is 11.1 Å². The van der Waals surface area contributed by atoms with Crippen LogP contribution in [0.25, 0.3) is 0 Å². The lowest BCUT2D eigenvalue weighted by Gasteiger charge is -2.20. The maximum atomic E-state index is 9.73. The summed E-state index contributed by atoms with van der Waals surface area (Å²) in [6, 6.07) is 5.75. The zero-order valence-corrected chi connectivity index (χ0v) is 11.2. The van der Waals surface area contributed by atoms with Crippen LogP contribution >= 0.6 is 11.6 Å². The molecule has 0 heterocycles. The van der Waals surface area contributed by atoms with Gasteiger partial charge in [-0.25, -0.2) is 0 Å². The number of halogens is 1. The highest BCUT2D eigenvalue weighted by atomic mass is 35.5. The number of hydrogen-bond acceptors (Lipinski definition) is 2. The predicted octanol–water partition coefficient (Wildman–Crippen LogP) is 3.57. The zero-order chi connectivity index (χ0) is 12.4. The van der Waals surface area contributed by atoms with Gasteiger partial charge in [-0.15, -0.1) is 0 Å². The van der Waals surface area contributed by atoms with Crippen LogP contribution in [0.1, 0.15) is 32.3 Å². The van der Waals surface area contributed by atoms with E-state index in [0.29, 0.717) is 29.3 Å². The van der Waals surface area contributed by atoms with Gasteiger partial charge < -0.3 is 10.4 Å². The highest BCUT2D eigenvalue weighted by Crippen LogP contribution is 2.31. The van der Waals surface area contributed by atoms with E-state index >= 15 is 0 Å². The Morgan fingerprint density at radius 2 is 2.12 bits per heavy atom. The predicted molar refractivity (Wildman–Crippen MR) is 71.3 cm³/mol. The van der Waals surface area contributed by atoms with Gasteiger partial charge in [0.1, 0.15) is 5.75 Å². The molecule has 2 nitrogen and oxygen atoms in total. The minimum atomic E-state index is 0.320. The lowest BCUT2D eigenvalue weighted by Crippen LogP contribution is -2.31. The molecule has 0 radical (unpaired) electrons. The number of hydrogen-bond donors (Lipinski definition) is 2. The van der Waals surface area contributed by atoms with Crippen molar-refractivity contribution in [3.8, 4) is 5.75 Å². The molecule has 0 aromatic heterocycles. The Morgan fingerprint density at radius 1 is 1.35 bits per heavy atom. The van der Waals surface area contributed by atoms with E-state index in [0.717, 1.165) is 11.5 Å². The van der Waals surface area contributed by atoms with E-state index in [-0.39, 0.29) is 0 Å². The summed E-state index contributed by atoms with van der Waals surface area (Å²) in [7, 11) is 0.